The van der Waals surface area contributed by atoms with Crippen molar-refractivity contribution in [2.45, 2.75) is 25.3 Å². The number of methoxy groups -OCH3 is 2. The fourth-order valence-corrected chi connectivity index (χ4v) is 4.95. The molecule has 1 amide bonds. The highest BCUT2D eigenvalue weighted by Crippen LogP contribution is 2.40. The monoisotopic (exact) mass is 523 g/mol. The van der Waals surface area contributed by atoms with Gasteiger partial charge in [-0.05, 0) is 61.4 Å². The van der Waals surface area contributed by atoms with Crippen LogP contribution in [-0.2, 0) is 4.79 Å². The second kappa shape index (κ2) is 12.3. The third kappa shape index (κ3) is 6.16. The van der Waals surface area contributed by atoms with Crippen LogP contribution in [0.4, 0.5) is 5.69 Å². The van der Waals surface area contributed by atoms with Crippen molar-refractivity contribution in [1.82, 2.24) is 4.98 Å². The van der Waals surface area contributed by atoms with Crippen molar-refractivity contribution in [3.05, 3.63) is 89.5 Å². The highest BCUT2D eigenvalue weighted by molar-refractivity contribution is 7.99. The molecule has 1 heterocycles. The minimum atomic E-state index is -0.0897. The highest BCUT2D eigenvalue weighted by atomic mass is 32.2. The standard InChI is InChI=1S/C31H29N3O3S/c1-20-10-11-23(16-21(20)2)33-30(35)14-15-38-31-27(19-32)25(18-28(34-31)22-8-6-5-7-9-22)26-17-24(36-3)12-13-29(26)37-4/h5-13,16-18H,14-15H2,1-4H3,(H,33,35). The molecule has 0 bridgehead atoms. The molecule has 0 saturated heterocycles. The first kappa shape index (κ1) is 26.8. The summed E-state index contributed by atoms with van der Waals surface area (Å²) in [4.78, 5) is 17.5. The Morgan fingerprint density at radius 1 is 0.947 bits per heavy atom. The third-order valence-electron chi connectivity index (χ3n) is 6.22. The van der Waals surface area contributed by atoms with Crippen LogP contribution in [0.15, 0.2) is 77.8 Å². The fourth-order valence-electron chi connectivity index (χ4n) is 4.01. The van der Waals surface area contributed by atoms with Gasteiger partial charge in [0.25, 0.3) is 0 Å². The van der Waals surface area contributed by atoms with Gasteiger partial charge in [0.2, 0.25) is 5.91 Å². The Bertz CT molecular complexity index is 1500. The van der Waals surface area contributed by atoms with Crippen LogP contribution >= 0.6 is 11.8 Å². The van der Waals surface area contributed by atoms with Gasteiger partial charge in [-0.3, -0.25) is 4.79 Å². The van der Waals surface area contributed by atoms with Gasteiger partial charge in [0.05, 0.1) is 25.5 Å². The number of thioether (sulfide) groups is 1. The summed E-state index contributed by atoms with van der Waals surface area (Å²) in [6.07, 6.45) is 0.275. The first-order chi connectivity index (χ1) is 18.4. The molecule has 4 aromatic rings. The SMILES string of the molecule is COc1ccc(OC)c(-c2cc(-c3ccccc3)nc(SCCC(=O)Nc3ccc(C)c(C)c3)c2C#N)c1. The summed E-state index contributed by atoms with van der Waals surface area (Å²) >= 11 is 1.39. The van der Waals surface area contributed by atoms with Gasteiger partial charge in [-0.1, -0.05) is 36.4 Å². The summed E-state index contributed by atoms with van der Waals surface area (Å²) in [5, 5.41) is 13.7. The number of aryl methyl sites for hydroxylation is 2. The lowest BCUT2D eigenvalue weighted by molar-refractivity contribution is -0.115. The van der Waals surface area contributed by atoms with E-state index in [1.807, 2.05) is 86.6 Å². The summed E-state index contributed by atoms with van der Waals surface area (Å²) in [7, 11) is 3.20. The first-order valence-electron chi connectivity index (χ1n) is 12.2. The Morgan fingerprint density at radius 3 is 2.42 bits per heavy atom. The topological polar surface area (TPSA) is 84.2 Å². The largest absolute Gasteiger partial charge is 0.497 e. The Hall–Kier alpha value is -4.28. The maximum Gasteiger partial charge on any atom is 0.225 e. The van der Waals surface area contributed by atoms with E-state index in [4.69, 9.17) is 14.5 Å². The van der Waals surface area contributed by atoms with Crippen molar-refractivity contribution >= 4 is 23.4 Å². The van der Waals surface area contributed by atoms with Crippen LogP contribution in [0.2, 0.25) is 0 Å². The number of nitrogens with one attached hydrogen (secondary N) is 1. The minimum absolute atomic E-state index is 0.0897. The molecule has 3 aromatic carbocycles. The van der Waals surface area contributed by atoms with E-state index >= 15 is 0 Å². The number of carbonyl (C=O) groups is 1. The van der Waals surface area contributed by atoms with Crippen LogP contribution in [0.5, 0.6) is 11.5 Å². The number of anilines is 1. The average molecular weight is 524 g/mol. The third-order valence-corrected chi connectivity index (χ3v) is 7.20. The van der Waals surface area contributed by atoms with Gasteiger partial charge in [-0.25, -0.2) is 4.98 Å². The Morgan fingerprint density at radius 2 is 1.74 bits per heavy atom. The predicted octanol–water partition coefficient (Wildman–Crippen LogP) is 7.04. The van der Waals surface area contributed by atoms with Gasteiger partial charge in [0, 0.05) is 34.6 Å². The average Bonchev–Trinajstić information content (AvgIpc) is 2.94. The molecular weight excluding hydrogens is 494 g/mol. The molecule has 0 aliphatic heterocycles. The van der Waals surface area contributed by atoms with E-state index in [-0.39, 0.29) is 12.3 Å². The van der Waals surface area contributed by atoms with E-state index in [9.17, 15) is 10.1 Å². The Kier molecular flexibility index (Phi) is 8.67. The van der Waals surface area contributed by atoms with Crippen molar-refractivity contribution in [2.75, 3.05) is 25.3 Å². The van der Waals surface area contributed by atoms with E-state index in [0.29, 0.717) is 33.4 Å². The normalized spacial score (nSPS) is 10.5. The number of pyridine rings is 1. The molecule has 1 aromatic heterocycles. The first-order valence-corrected chi connectivity index (χ1v) is 13.1. The van der Waals surface area contributed by atoms with E-state index in [0.717, 1.165) is 28.1 Å². The Labute approximate surface area is 227 Å². The number of ether oxygens (including phenoxy) is 2. The summed E-state index contributed by atoms with van der Waals surface area (Å²) < 4.78 is 11.1. The molecule has 0 aliphatic rings. The minimum Gasteiger partial charge on any atom is -0.497 e. The van der Waals surface area contributed by atoms with Gasteiger partial charge in [-0.15, -0.1) is 11.8 Å². The zero-order valence-corrected chi connectivity index (χ0v) is 22.7. The van der Waals surface area contributed by atoms with Crippen LogP contribution in [0, 0.1) is 25.2 Å². The molecule has 0 radical (unpaired) electrons. The van der Waals surface area contributed by atoms with E-state index < -0.39 is 0 Å². The van der Waals surface area contributed by atoms with Crippen LogP contribution < -0.4 is 14.8 Å². The summed E-state index contributed by atoms with van der Waals surface area (Å²) in [5.74, 6) is 1.65. The zero-order chi connectivity index (χ0) is 27.1. The lowest BCUT2D eigenvalue weighted by Crippen LogP contribution is -2.12. The number of carbonyl (C=O) groups excluding carboxylic acids is 1. The highest BCUT2D eigenvalue weighted by Gasteiger charge is 2.19. The number of rotatable bonds is 9. The number of hydrogen-bond donors (Lipinski definition) is 1. The molecule has 6 nitrogen and oxygen atoms in total. The summed E-state index contributed by atoms with van der Waals surface area (Å²) in [5.41, 5.74) is 6.58. The fraction of sp³-hybridized carbons (Fsp3) is 0.194. The maximum atomic E-state index is 12.6. The number of nitrogens with zero attached hydrogens (tertiary/aromatic N) is 2. The molecule has 7 heteroatoms. The van der Waals surface area contributed by atoms with Crippen molar-refractivity contribution in [3.63, 3.8) is 0 Å². The predicted molar refractivity (Wildman–Crippen MR) is 153 cm³/mol. The quantitative estimate of drug-likeness (QED) is 0.237. The Balaban J connectivity index is 1.66. The molecule has 4 rings (SSSR count). The van der Waals surface area contributed by atoms with Gasteiger partial charge < -0.3 is 14.8 Å². The van der Waals surface area contributed by atoms with Crippen molar-refractivity contribution < 1.29 is 14.3 Å². The maximum absolute atomic E-state index is 12.6. The molecule has 0 spiro atoms. The molecule has 192 valence electrons. The van der Waals surface area contributed by atoms with Gasteiger partial charge >= 0.3 is 0 Å². The van der Waals surface area contributed by atoms with Crippen LogP contribution in [0.3, 0.4) is 0 Å². The van der Waals surface area contributed by atoms with Gasteiger partial charge in [0.15, 0.2) is 0 Å². The number of aromatic nitrogens is 1. The van der Waals surface area contributed by atoms with Crippen LogP contribution in [0.25, 0.3) is 22.4 Å². The van der Waals surface area contributed by atoms with Crippen molar-refractivity contribution in [3.8, 4) is 40.0 Å². The summed E-state index contributed by atoms with van der Waals surface area (Å²) in [6, 6.07) is 25.4. The summed E-state index contributed by atoms with van der Waals surface area (Å²) in [6.45, 7) is 4.06. The number of benzene rings is 3. The van der Waals surface area contributed by atoms with Crippen molar-refractivity contribution in [1.29, 1.82) is 5.26 Å². The van der Waals surface area contributed by atoms with E-state index in [1.165, 1.54) is 17.3 Å². The molecule has 0 atom stereocenters. The molecule has 0 fully saturated rings. The lowest BCUT2D eigenvalue weighted by Gasteiger charge is -2.15. The zero-order valence-electron chi connectivity index (χ0n) is 21.9. The van der Waals surface area contributed by atoms with E-state index in [2.05, 4.69) is 11.4 Å². The lowest BCUT2D eigenvalue weighted by atomic mass is 9.98. The van der Waals surface area contributed by atoms with Crippen LogP contribution in [0.1, 0.15) is 23.1 Å². The molecule has 1 N–H and O–H groups in total. The second-order valence-corrected chi connectivity index (χ2v) is 9.81. The number of amides is 1. The van der Waals surface area contributed by atoms with Gasteiger partial charge in [0.1, 0.15) is 22.6 Å². The number of hydrogen-bond acceptors (Lipinski definition) is 6. The molecule has 0 saturated carbocycles. The van der Waals surface area contributed by atoms with E-state index in [1.54, 1.807) is 14.2 Å². The molecule has 0 unspecified atom stereocenters. The van der Waals surface area contributed by atoms with Gasteiger partial charge in [-0.2, -0.15) is 5.26 Å². The molecular formula is C31H29N3O3S. The van der Waals surface area contributed by atoms with Crippen molar-refractivity contribution in [2.24, 2.45) is 0 Å². The smallest absolute Gasteiger partial charge is 0.225 e. The molecule has 38 heavy (non-hydrogen) atoms. The molecule has 0 aliphatic carbocycles. The van der Waals surface area contributed by atoms with Crippen LogP contribution in [-0.4, -0.2) is 30.9 Å². The second-order valence-electron chi connectivity index (χ2n) is 8.72. The number of nitriles is 1.